The summed E-state index contributed by atoms with van der Waals surface area (Å²) in [7, 11) is 0. The lowest BCUT2D eigenvalue weighted by molar-refractivity contribution is -0.0424. The fourth-order valence-electron chi connectivity index (χ4n) is 2.19. The number of hydrogen-bond acceptors (Lipinski definition) is 3. The Hall–Kier alpha value is -0.0400. The van der Waals surface area contributed by atoms with Crippen LogP contribution in [0.5, 0.6) is 0 Å². The quantitative estimate of drug-likeness (QED) is 0.244. The van der Waals surface area contributed by atoms with Crippen LogP contribution >= 0.6 is 22.6 Å². The number of halogens is 1. The van der Waals surface area contributed by atoms with Crippen molar-refractivity contribution in [1.82, 2.24) is 4.90 Å². The van der Waals surface area contributed by atoms with Gasteiger partial charge in [0.2, 0.25) is 0 Å². The fraction of sp³-hybridized carbons (Fsp3) is 0.944. The number of carbonyl (C=O) groups excluding carboxylic acids is 1. The highest BCUT2D eigenvalue weighted by Crippen LogP contribution is 2.19. The Bertz CT molecular complexity index is 331. The van der Waals surface area contributed by atoms with Crippen molar-refractivity contribution >= 4 is 28.7 Å². The van der Waals surface area contributed by atoms with Gasteiger partial charge in [0, 0.05) is 17.6 Å². The van der Waals surface area contributed by atoms with Gasteiger partial charge in [-0.3, -0.25) is 0 Å². The van der Waals surface area contributed by atoms with Crippen LogP contribution in [0.1, 0.15) is 73.6 Å². The third kappa shape index (κ3) is 11.2. The zero-order valence-electron chi connectivity index (χ0n) is 15.9. The average Bonchev–Trinajstić information content (AvgIpc) is 2.46. The third-order valence-corrected chi connectivity index (χ3v) is 5.15. The molecular weight excluding hydrogens is 405 g/mol. The van der Waals surface area contributed by atoms with E-state index in [4.69, 9.17) is 9.47 Å². The van der Waals surface area contributed by atoms with Gasteiger partial charge < -0.3 is 14.4 Å². The molecule has 0 saturated heterocycles. The predicted octanol–water partition coefficient (Wildman–Crippen LogP) is 5.42. The van der Waals surface area contributed by atoms with E-state index in [0.717, 1.165) is 17.5 Å². The summed E-state index contributed by atoms with van der Waals surface area (Å²) in [5, 5.41) is 0. The molecule has 1 amide bonds. The highest BCUT2D eigenvalue weighted by Gasteiger charge is 2.30. The van der Waals surface area contributed by atoms with Gasteiger partial charge in [0.15, 0.2) is 0 Å². The number of rotatable bonds is 11. The molecule has 0 aliphatic heterocycles. The lowest BCUT2D eigenvalue weighted by Gasteiger charge is -2.35. The van der Waals surface area contributed by atoms with Crippen LogP contribution in [0.4, 0.5) is 4.79 Å². The highest BCUT2D eigenvalue weighted by atomic mass is 127. The highest BCUT2D eigenvalue weighted by molar-refractivity contribution is 14.1. The molecule has 0 N–H and O–H groups in total. The SMILES string of the molecule is CCCCCCCOC(C)(CI)CN(CC)C(=O)OC(C)(C)C. The smallest absolute Gasteiger partial charge is 0.410 e. The molecule has 0 aromatic rings. The first-order valence-corrected chi connectivity index (χ1v) is 10.4. The molecule has 0 aliphatic rings. The molecule has 1 atom stereocenters. The number of likely N-dealkylation sites (N-methyl/N-ethyl adjacent to an activating group) is 1. The number of hydrogen-bond donors (Lipinski definition) is 0. The van der Waals surface area contributed by atoms with Crippen molar-refractivity contribution < 1.29 is 14.3 Å². The van der Waals surface area contributed by atoms with Gasteiger partial charge in [0.25, 0.3) is 0 Å². The molecule has 138 valence electrons. The Morgan fingerprint density at radius 1 is 1.04 bits per heavy atom. The van der Waals surface area contributed by atoms with Crippen LogP contribution in [0.2, 0.25) is 0 Å². The van der Waals surface area contributed by atoms with Gasteiger partial charge in [-0.15, -0.1) is 0 Å². The molecule has 0 fully saturated rings. The lowest BCUT2D eigenvalue weighted by atomic mass is 10.1. The Labute approximate surface area is 156 Å². The summed E-state index contributed by atoms with van der Waals surface area (Å²) >= 11 is 2.34. The van der Waals surface area contributed by atoms with E-state index >= 15 is 0 Å². The molecule has 0 aromatic carbocycles. The molecule has 23 heavy (non-hydrogen) atoms. The summed E-state index contributed by atoms with van der Waals surface area (Å²) in [5.41, 5.74) is -0.788. The number of unbranched alkanes of at least 4 members (excludes halogenated alkanes) is 4. The Kier molecular flexibility index (Phi) is 11.5. The van der Waals surface area contributed by atoms with Gasteiger partial charge in [0.1, 0.15) is 5.60 Å². The van der Waals surface area contributed by atoms with E-state index in [2.05, 4.69) is 36.4 Å². The maximum atomic E-state index is 12.3. The first-order valence-electron chi connectivity index (χ1n) is 8.85. The van der Waals surface area contributed by atoms with Crippen molar-refractivity contribution in [2.24, 2.45) is 0 Å². The monoisotopic (exact) mass is 441 g/mol. The second-order valence-corrected chi connectivity index (χ2v) is 8.10. The summed E-state index contributed by atoms with van der Waals surface area (Å²) in [6.07, 6.45) is 5.88. The minimum Gasteiger partial charge on any atom is -0.444 e. The number of amides is 1. The van der Waals surface area contributed by atoms with Gasteiger partial charge in [-0.25, -0.2) is 4.79 Å². The molecule has 0 saturated carbocycles. The summed E-state index contributed by atoms with van der Waals surface area (Å²) in [5.74, 6) is 0. The molecule has 0 bridgehead atoms. The molecule has 0 aliphatic carbocycles. The van der Waals surface area contributed by atoms with Crippen molar-refractivity contribution in [3.05, 3.63) is 0 Å². The summed E-state index contributed by atoms with van der Waals surface area (Å²) in [4.78, 5) is 14.0. The van der Waals surface area contributed by atoms with Gasteiger partial charge in [0.05, 0.1) is 12.1 Å². The summed E-state index contributed by atoms with van der Waals surface area (Å²) < 4.78 is 12.4. The van der Waals surface area contributed by atoms with Crippen LogP contribution in [0.3, 0.4) is 0 Å². The number of nitrogens with zero attached hydrogens (tertiary/aromatic N) is 1. The summed E-state index contributed by atoms with van der Waals surface area (Å²) in [6.45, 7) is 13.9. The molecule has 0 spiro atoms. The van der Waals surface area contributed by atoms with E-state index in [-0.39, 0.29) is 11.7 Å². The zero-order chi connectivity index (χ0) is 17.9. The Morgan fingerprint density at radius 3 is 2.13 bits per heavy atom. The number of ether oxygens (including phenoxy) is 2. The van der Waals surface area contributed by atoms with Gasteiger partial charge in [-0.2, -0.15) is 0 Å². The van der Waals surface area contributed by atoms with Crippen molar-refractivity contribution in [3.63, 3.8) is 0 Å². The second-order valence-electron chi connectivity index (χ2n) is 7.34. The topological polar surface area (TPSA) is 38.8 Å². The van der Waals surface area contributed by atoms with Crippen molar-refractivity contribution in [3.8, 4) is 0 Å². The van der Waals surface area contributed by atoms with Gasteiger partial charge in [-0.1, -0.05) is 55.2 Å². The Morgan fingerprint density at radius 2 is 1.65 bits per heavy atom. The normalized spacial score (nSPS) is 14.4. The first kappa shape index (κ1) is 23.0. The molecule has 0 heterocycles. The van der Waals surface area contributed by atoms with E-state index in [0.29, 0.717) is 13.1 Å². The number of alkyl halides is 1. The van der Waals surface area contributed by atoms with E-state index in [1.165, 1.54) is 25.7 Å². The zero-order valence-corrected chi connectivity index (χ0v) is 18.1. The van der Waals surface area contributed by atoms with E-state index in [1.807, 2.05) is 27.7 Å². The van der Waals surface area contributed by atoms with Crippen molar-refractivity contribution in [2.45, 2.75) is 84.8 Å². The fourth-order valence-corrected chi connectivity index (χ4v) is 2.65. The summed E-state index contributed by atoms with van der Waals surface area (Å²) in [6, 6.07) is 0. The van der Waals surface area contributed by atoms with Crippen LogP contribution in [0.25, 0.3) is 0 Å². The molecule has 1 unspecified atom stereocenters. The lowest BCUT2D eigenvalue weighted by Crippen LogP contribution is -2.48. The van der Waals surface area contributed by atoms with Crippen molar-refractivity contribution in [1.29, 1.82) is 0 Å². The van der Waals surface area contributed by atoms with E-state index in [1.54, 1.807) is 4.90 Å². The second kappa shape index (κ2) is 11.5. The molecule has 0 aromatic heterocycles. The molecule has 5 heteroatoms. The van der Waals surface area contributed by atoms with E-state index in [9.17, 15) is 4.79 Å². The van der Waals surface area contributed by atoms with Crippen LogP contribution in [0.15, 0.2) is 0 Å². The predicted molar refractivity (Wildman–Crippen MR) is 105 cm³/mol. The minimum absolute atomic E-state index is 0.261. The first-order chi connectivity index (χ1) is 10.7. The maximum Gasteiger partial charge on any atom is 0.410 e. The third-order valence-electron chi connectivity index (χ3n) is 3.54. The maximum absolute atomic E-state index is 12.3. The minimum atomic E-state index is -0.467. The molecule has 0 rings (SSSR count). The molecular formula is C18H36INO3. The number of carbonyl (C=O) groups is 1. The van der Waals surface area contributed by atoms with Crippen LogP contribution in [-0.2, 0) is 9.47 Å². The van der Waals surface area contributed by atoms with Crippen molar-refractivity contribution in [2.75, 3.05) is 24.1 Å². The van der Waals surface area contributed by atoms with Gasteiger partial charge in [-0.05, 0) is 41.0 Å². The largest absolute Gasteiger partial charge is 0.444 e. The molecule has 0 radical (unpaired) electrons. The van der Waals surface area contributed by atoms with Gasteiger partial charge >= 0.3 is 6.09 Å². The van der Waals surface area contributed by atoms with Crippen LogP contribution < -0.4 is 0 Å². The molecule has 4 nitrogen and oxygen atoms in total. The van der Waals surface area contributed by atoms with Crippen LogP contribution in [0, 0.1) is 0 Å². The average molecular weight is 441 g/mol. The van der Waals surface area contributed by atoms with E-state index < -0.39 is 5.60 Å². The Balaban J connectivity index is 4.41. The van der Waals surface area contributed by atoms with Crippen LogP contribution in [-0.4, -0.2) is 46.3 Å². The standard InChI is InChI=1S/C18H36INO3/c1-7-9-10-11-12-13-22-18(6,14-19)15-20(8-2)16(21)23-17(3,4)5/h7-15H2,1-6H3.